The molecule has 3 heterocycles. The molecule has 1 fully saturated rings. The first-order chi connectivity index (χ1) is 18.7. The normalized spacial score (nSPS) is 19.4. The van der Waals surface area contributed by atoms with Gasteiger partial charge >= 0.3 is 0 Å². The van der Waals surface area contributed by atoms with Gasteiger partial charge in [0.15, 0.2) is 0 Å². The highest BCUT2D eigenvalue weighted by Crippen LogP contribution is 2.48. The number of amides is 1. The molecule has 0 saturated heterocycles. The van der Waals surface area contributed by atoms with E-state index in [-0.39, 0.29) is 29.5 Å². The molecule has 39 heavy (non-hydrogen) atoms. The van der Waals surface area contributed by atoms with Crippen molar-refractivity contribution >= 4 is 5.91 Å². The van der Waals surface area contributed by atoms with Gasteiger partial charge in [0, 0.05) is 30.8 Å². The third-order valence-electron chi connectivity index (χ3n) is 7.65. The molecule has 3 atom stereocenters. The second-order valence-electron chi connectivity index (χ2n) is 12.3. The second kappa shape index (κ2) is 11.4. The zero-order valence-corrected chi connectivity index (χ0v) is 23.1. The van der Waals surface area contributed by atoms with Crippen molar-refractivity contribution in [1.29, 1.82) is 0 Å². The number of aliphatic hydroxyl groups excluding tert-OH is 1. The lowest BCUT2D eigenvalue weighted by Crippen LogP contribution is -2.52. The molecular weight excluding hydrogens is 492 g/mol. The van der Waals surface area contributed by atoms with Crippen molar-refractivity contribution < 1.29 is 14.6 Å². The van der Waals surface area contributed by atoms with Crippen LogP contribution >= 0.6 is 0 Å². The van der Waals surface area contributed by atoms with Gasteiger partial charge in [-0.3, -0.25) is 4.79 Å². The smallest absolute Gasteiger partial charge is 0.242 e. The van der Waals surface area contributed by atoms with E-state index in [1.54, 1.807) is 0 Å². The van der Waals surface area contributed by atoms with E-state index >= 15 is 0 Å². The van der Waals surface area contributed by atoms with Crippen LogP contribution < -0.4 is 15.4 Å². The first kappa shape index (κ1) is 27.3. The predicted molar refractivity (Wildman–Crippen MR) is 148 cm³/mol. The third kappa shape index (κ3) is 7.02. The molecule has 9 heteroatoms. The maximum absolute atomic E-state index is 12.8. The van der Waals surface area contributed by atoms with Crippen molar-refractivity contribution in [3.05, 3.63) is 71.9 Å². The van der Waals surface area contributed by atoms with Gasteiger partial charge in [-0.25, -0.2) is 14.6 Å². The molecule has 0 unspecified atom stereocenters. The van der Waals surface area contributed by atoms with E-state index in [9.17, 15) is 9.90 Å². The van der Waals surface area contributed by atoms with Crippen molar-refractivity contribution in [2.75, 3.05) is 6.54 Å². The lowest BCUT2D eigenvalue weighted by molar-refractivity contribution is -0.123. The van der Waals surface area contributed by atoms with Gasteiger partial charge in [0.2, 0.25) is 11.8 Å². The number of pyridine rings is 1. The van der Waals surface area contributed by atoms with Crippen LogP contribution in [0.25, 0.3) is 0 Å². The first-order valence-corrected chi connectivity index (χ1v) is 13.9. The monoisotopic (exact) mass is 532 g/mol. The van der Waals surface area contributed by atoms with Gasteiger partial charge in [0.05, 0.1) is 12.1 Å². The number of ether oxygens (including phenoxy) is 1. The lowest BCUT2D eigenvalue weighted by atomic mass is 9.73. The zero-order valence-electron chi connectivity index (χ0n) is 23.1. The summed E-state index contributed by atoms with van der Waals surface area (Å²) in [5, 5.41) is 22.0. The number of nitrogens with zero attached hydrogens (tertiary/aromatic N) is 4. The van der Waals surface area contributed by atoms with Crippen molar-refractivity contribution in [2.24, 2.45) is 5.41 Å². The SMILES string of the molecule is CC(C)(C)Cc1cnc2c(c1)[C@@H](NC[C@H](O)[C@H](Cc1ccccc1)NC(=O)Cn1cncn1)CC1(CCC1)O2. The summed E-state index contributed by atoms with van der Waals surface area (Å²) in [4.78, 5) is 21.4. The number of nitrogens with one attached hydrogen (secondary N) is 2. The number of aliphatic hydroxyl groups is 1. The third-order valence-corrected chi connectivity index (χ3v) is 7.65. The van der Waals surface area contributed by atoms with Gasteiger partial charge in [-0.1, -0.05) is 51.1 Å². The molecule has 1 spiro atoms. The highest BCUT2D eigenvalue weighted by Gasteiger charge is 2.46. The van der Waals surface area contributed by atoms with E-state index in [2.05, 4.69) is 47.6 Å². The summed E-state index contributed by atoms with van der Waals surface area (Å²) in [6, 6.07) is 11.7. The minimum absolute atomic E-state index is 0.0133. The number of hydrogen-bond donors (Lipinski definition) is 3. The van der Waals surface area contributed by atoms with Gasteiger partial charge in [-0.05, 0) is 54.7 Å². The van der Waals surface area contributed by atoms with Crippen LogP contribution in [0.2, 0.25) is 0 Å². The standard InChI is InChI=1S/C30H40N6O3/c1-29(2,3)14-22-12-23-25(15-30(10-7-11-30)39-28(23)33-16-22)32-17-26(37)24(13-21-8-5-4-6-9-21)35-27(38)18-36-20-31-19-34-36/h4-6,8-9,12,16,19-20,24-26,32,37H,7,10-11,13-15,17-18H2,1-3H3,(H,35,38)/t24-,25-,26-/m0/s1. The molecule has 3 aromatic rings. The summed E-state index contributed by atoms with van der Waals surface area (Å²) >= 11 is 0. The highest BCUT2D eigenvalue weighted by molar-refractivity contribution is 5.76. The average Bonchev–Trinajstić information content (AvgIpc) is 3.38. The predicted octanol–water partition coefficient (Wildman–Crippen LogP) is 3.39. The van der Waals surface area contributed by atoms with E-state index in [4.69, 9.17) is 9.72 Å². The van der Waals surface area contributed by atoms with Crippen molar-refractivity contribution in [2.45, 2.75) is 89.6 Å². The number of benzene rings is 1. The van der Waals surface area contributed by atoms with E-state index in [1.165, 1.54) is 22.9 Å². The minimum atomic E-state index is -0.806. The largest absolute Gasteiger partial charge is 0.471 e. The summed E-state index contributed by atoms with van der Waals surface area (Å²) in [6.07, 6.45) is 9.51. The number of carbonyl (C=O) groups is 1. The lowest BCUT2D eigenvalue weighted by Gasteiger charge is -2.47. The Labute approximate surface area is 230 Å². The fraction of sp³-hybridized carbons (Fsp3) is 0.533. The molecule has 2 aliphatic rings. The second-order valence-corrected chi connectivity index (χ2v) is 12.3. The Bertz CT molecular complexity index is 1240. The molecule has 5 rings (SSSR count). The topological polar surface area (TPSA) is 114 Å². The fourth-order valence-electron chi connectivity index (χ4n) is 5.62. The van der Waals surface area contributed by atoms with E-state index in [0.717, 1.165) is 43.2 Å². The number of hydrogen-bond acceptors (Lipinski definition) is 7. The number of aromatic nitrogens is 4. The summed E-state index contributed by atoms with van der Waals surface area (Å²) in [6.45, 7) is 7.04. The summed E-state index contributed by atoms with van der Waals surface area (Å²) in [5.74, 6) is 0.480. The number of rotatable bonds is 10. The molecule has 2 aromatic heterocycles. The highest BCUT2D eigenvalue weighted by atomic mass is 16.5. The molecule has 9 nitrogen and oxygen atoms in total. The summed E-state index contributed by atoms with van der Waals surface area (Å²) in [7, 11) is 0. The van der Waals surface area contributed by atoms with E-state index in [0.29, 0.717) is 18.8 Å². The molecule has 1 aliphatic carbocycles. The van der Waals surface area contributed by atoms with E-state index in [1.807, 2.05) is 36.5 Å². The van der Waals surface area contributed by atoms with Gasteiger partial charge in [0.1, 0.15) is 24.8 Å². The zero-order chi connectivity index (χ0) is 27.5. The van der Waals surface area contributed by atoms with Crippen LogP contribution in [0.3, 0.4) is 0 Å². The molecule has 0 bridgehead atoms. The Kier molecular flexibility index (Phi) is 8.00. The molecule has 1 aliphatic heterocycles. The van der Waals surface area contributed by atoms with Crippen LogP contribution in [0, 0.1) is 5.41 Å². The van der Waals surface area contributed by atoms with Gasteiger partial charge in [-0.2, -0.15) is 5.10 Å². The first-order valence-electron chi connectivity index (χ1n) is 13.9. The molecule has 0 radical (unpaired) electrons. The van der Waals surface area contributed by atoms with E-state index < -0.39 is 12.1 Å². The van der Waals surface area contributed by atoms with Gasteiger partial charge in [-0.15, -0.1) is 0 Å². The quantitative estimate of drug-likeness (QED) is 0.367. The molecule has 1 aromatic carbocycles. The van der Waals surface area contributed by atoms with Crippen LogP contribution in [0.15, 0.2) is 55.2 Å². The van der Waals surface area contributed by atoms with Crippen molar-refractivity contribution in [3.63, 3.8) is 0 Å². The minimum Gasteiger partial charge on any atom is -0.471 e. The Morgan fingerprint density at radius 2 is 2.03 bits per heavy atom. The summed E-state index contributed by atoms with van der Waals surface area (Å²) < 4.78 is 7.89. The Balaban J connectivity index is 1.31. The fourth-order valence-corrected chi connectivity index (χ4v) is 5.62. The number of carbonyl (C=O) groups excluding carboxylic acids is 1. The van der Waals surface area contributed by atoms with Crippen LogP contribution in [-0.4, -0.2) is 55.1 Å². The molecule has 208 valence electrons. The molecule has 1 saturated carbocycles. The van der Waals surface area contributed by atoms with Crippen LogP contribution in [0.5, 0.6) is 5.88 Å². The van der Waals surface area contributed by atoms with Gasteiger partial charge < -0.3 is 20.5 Å². The van der Waals surface area contributed by atoms with Crippen LogP contribution in [0.1, 0.15) is 69.2 Å². The Hall–Kier alpha value is -3.30. The van der Waals surface area contributed by atoms with Gasteiger partial charge in [0.25, 0.3) is 0 Å². The number of fused-ring (bicyclic) bond motifs is 1. The van der Waals surface area contributed by atoms with Crippen molar-refractivity contribution in [1.82, 2.24) is 30.4 Å². The Morgan fingerprint density at radius 1 is 1.23 bits per heavy atom. The summed E-state index contributed by atoms with van der Waals surface area (Å²) in [5.41, 5.74) is 3.25. The van der Waals surface area contributed by atoms with Crippen molar-refractivity contribution in [3.8, 4) is 5.88 Å². The molecule has 1 amide bonds. The Morgan fingerprint density at radius 3 is 2.69 bits per heavy atom. The molecular formula is C30H40N6O3. The van der Waals surface area contributed by atoms with Crippen LogP contribution in [-0.2, 0) is 24.2 Å². The maximum atomic E-state index is 12.8. The average molecular weight is 533 g/mol. The molecule has 3 N–H and O–H groups in total. The maximum Gasteiger partial charge on any atom is 0.242 e. The van der Waals surface area contributed by atoms with Crippen LogP contribution in [0.4, 0.5) is 0 Å².